The molecule has 2 atom stereocenters. The first-order valence-electron chi connectivity index (χ1n) is 7.93. The number of ketones is 1. The second-order valence-electron chi connectivity index (χ2n) is 6.48. The minimum absolute atomic E-state index is 0.0688. The van der Waals surface area contributed by atoms with Crippen molar-refractivity contribution < 1.29 is 19.2 Å². The molecule has 23 heavy (non-hydrogen) atoms. The van der Waals surface area contributed by atoms with Crippen LogP contribution in [0.1, 0.15) is 25.7 Å². The van der Waals surface area contributed by atoms with Crippen molar-refractivity contribution in [1.82, 2.24) is 20.9 Å². The van der Waals surface area contributed by atoms with Crippen molar-refractivity contribution >= 4 is 23.5 Å². The van der Waals surface area contributed by atoms with Gasteiger partial charge in [0.05, 0.1) is 12.6 Å². The smallest absolute Gasteiger partial charge is 0.289 e. The molecule has 1 heterocycles. The Morgan fingerprint density at radius 3 is 2.48 bits per heavy atom. The lowest BCUT2D eigenvalue weighted by Crippen LogP contribution is -2.50. The van der Waals surface area contributed by atoms with E-state index >= 15 is 0 Å². The lowest BCUT2D eigenvalue weighted by atomic mass is 9.95. The average Bonchev–Trinajstić information content (AvgIpc) is 3.18. The van der Waals surface area contributed by atoms with Crippen molar-refractivity contribution in [2.75, 3.05) is 27.2 Å². The molecule has 8 nitrogen and oxygen atoms in total. The SMILES string of the molecule is CN(C)CC(=O)NC(CC1CCNC1=O)C(=O)C(=O)NC1CC1. The van der Waals surface area contributed by atoms with Crippen LogP contribution in [0.2, 0.25) is 0 Å². The largest absolute Gasteiger partial charge is 0.356 e. The Bertz CT molecular complexity index is 502. The average molecular weight is 324 g/mol. The maximum Gasteiger partial charge on any atom is 0.289 e. The van der Waals surface area contributed by atoms with Gasteiger partial charge >= 0.3 is 0 Å². The number of amides is 3. The number of carbonyl (C=O) groups is 4. The molecule has 3 N–H and O–H groups in total. The number of hydrogen-bond donors (Lipinski definition) is 3. The summed E-state index contributed by atoms with van der Waals surface area (Å²) >= 11 is 0. The summed E-state index contributed by atoms with van der Waals surface area (Å²) in [5, 5.41) is 7.93. The van der Waals surface area contributed by atoms with Crippen LogP contribution in [0.4, 0.5) is 0 Å². The zero-order chi connectivity index (χ0) is 17.0. The minimum atomic E-state index is -0.963. The Kier molecular flexibility index (Phi) is 5.70. The van der Waals surface area contributed by atoms with E-state index in [1.165, 1.54) is 0 Å². The highest BCUT2D eigenvalue weighted by Crippen LogP contribution is 2.20. The van der Waals surface area contributed by atoms with Crippen molar-refractivity contribution in [2.45, 2.75) is 37.8 Å². The van der Waals surface area contributed by atoms with E-state index < -0.39 is 17.7 Å². The van der Waals surface area contributed by atoms with Crippen LogP contribution in [0.3, 0.4) is 0 Å². The van der Waals surface area contributed by atoms with Crippen molar-refractivity contribution in [3.8, 4) is 0 Å². The fraction of sp³-hybridized carbons (Fsp3) is 0.733. The first-order valence-corrected chi connectivity index (χ1v) is 7.93. The number of Topliss-reactive ketones (excluding diaryl/α,β-unsaturated/α-hetero) is 1. The molecule has 2 aliphatic rings. The highest BCUT2D eigenvalue weighted by atomic mass is 16.2. The molecular formula is C15H24N4O4. The molecule has 3 amide bonds. The quantitative estimate of drug-likeness (QED) is 0.467. The highest BCUT2D eigenvalue weighted by molar-refractivity contribution is 6.38. The van der Waals surface area contributed by atoms with Crippen molar-refractivity contribution in [3.63, 3.8) is 0 Å². The van der Waals surface area contributed by atoms with Gasteiger partial charge in [-0.1, -0.05) is 0 Å². The molecule has 0 aromatic carbocycles. The van der Waals surface area contributed by atoms with Crippen LogP contribution in [0.5, 0.6) is 0 Å². The van der Waals surface area contributed by atoms with Crippen LogP contribution in [0.15, 0.2) is 0 Å². The number of nitrogens with one attached hydrogen (secondary N) is 3. The maximum atomic E-state index is 12.4. The van der Waals surface area contributed by atoms with Crippen LogP contribution in [-0.2, 0) is 19.2 Å². The molecule has 8 heteroatoms. The van der Waals surface area contributed by atoms with E-state index in [9.17, 15) is 19.2 Å². The Labute approximate surface area is 135 Å². The van der Waals surface area contributed by atoms with Gasteiger partial charge in [-0.05, 0) is 39.8 Å². The lowest BCUT2D eigenvalue weighted by molar-refractivity contribution is -0.140. The third kappa shape index (κ3) is 5.31. The number of likely N-dealkylation sites (N-methyl/N-ethyl adjacent to an activating group) is 1. The molecule has 0 aromatic rings. The van der Waals surface area contributed by atoms with Crippen LogP contribution >= 0.6 is 0 Å². The van der Waals surface area contributed by atoms with Crippen LogP contribution < -0.4 is 16.0 Å². The molecule has 2 unspecified atom stereocenters. The Hall–Kier alpha value is -1.96. The van der Waals surface area contributed by atoms with Gasteiger partial charge in [0.1, 0.15) is 0 Å². The van der Waals surface area contributed by atoms with Crippen molar-refractivity contribution in [2.24, 2.45) is 5.92 Å². The summed E-state index contributed by atoms with van der Waals surface area (Å²) in [4.78, 5) is 49.6. The third-order valence-electron chi connectivity index (χ3n) is 3.93. The molecule has 128 valence electrons. The zero-order valence-corrected chi connectivity index (χ0v) is 13.6. The van der Waals surface area contributed by atoms with Crippen molar-refractivity contribution in [1.29, 1.82) is 0 Å². The lowest BCUT2D eigenvalue weighted by Gasteiger charge is -2.20. The molecule has 1 saturated carbocycles. The van der Waals surface area contributed by atoms with E-state index in [1.807, 2.05) is 0 Å². The first-order chi connectivity index (χ1) is 10.9. The summed E-state index contributed by atoms with van der Waals surface area (Å²) in [6.45, 7) is 0.676. The van der Waals surface area contributed by atoms with E-state index in [4.69, 9.17) is 0 Å². The van der Waals surface area contributed by atoms with Gasteiger partial charge in [0, 0.05) is 18.5 Å². The number of hydrogen-bond acceptors (Lipinski definition) is 5. The predicted octanol–water partition coefficient (Wildman–Crippen LogP) is -1.59. The molecule has 1 aliphatic carbocycles. The van der Waals surface area contributed by atoms with Gasteiger partial charge in [0.25, 0.3) is 5.91 Å². The normalized spacial score (nSPS) is 21.7. The molecule has 0 spiro atoms. The monoisotopic (exact) mass is 324 g/mol. The summed E-state index contributed by atoms with van der Waals surface area (Å²) in [5.41, 5.74) is 0. The fourth-order valence-corrected chi connectivity index (χ4v) is 2.56. The summed E-state index contributed by atoms with van der Waals surface area (Å²) in [6.07, 6.45) is 2.52. The second-order valence-corrected chi connectivity index (χ2v) is 6.48. The Morgan fingerprint density at radius 1 is 1.26 bits per heavy atom. The molecule has 2 fully saturated rings. The summed E-state index contributed by atoms with van der Waals surface area (Å²) in [7, 11) is 3.47. The summed E-state index contributed by atoms with van der Waals surface area (Å²) in [6, 6.07) is -0.894. The third-order valence-corrected chi connectivity index (χ3v) is 3.93. The second kappa shape index (κ2) is 7.54. The van der Waals surface area contributed by atoms with Crippen LogP contribution in [0, 0.1) is 5.92 Å². The van der Waals surface area contributed by atoms with Gasteiger partial charge in [0.15, 0.2) is 0 Å². The van der Waals surface area contributed by atoms with E-state index in [2.05, 4.69) is 16.0 Å². The summed E-state index contributed by atoms with van der Waals surface area (Å²) in [5.74, 6) is -2.18. The molecule has 0 bridgehead atoms. The Morgan fingerprint density at radius 2 is 1.96 bits per heavy atom. The van der Waals surface area contributed by atoms with Gasteiger partial charge in [-0.3, -0.25) is 19.2 Å². The maximum absolute atomic E-state index is 12.4. The van der Waals surface area contributed by atoms with Gasteiger partial charge in [-0.25, -0.2) is 0 Å². The number of carbonyl (C=O) groups excluding carboxylic acids is 4. The molecular weight excluding hydrogens is 300 g/mol. The van der Waals surface area contributed by atoms with E-state index in [1.54, 1.807) is 19.0 Å². The molecule has 1 aliphatic heterocycles. The highest BCUT2D eigenvalue weighted by Gasteiger charge is 2.35. The van der Waals surface area contributed by atoms with E-state index in [0.29, 0.717) is 13.0 Å². The Balaban J connectivity index is 1.99. The minimum Gasteiger partial charge on any atom is -0.356 e. The molecule has 0 aromatic heterocycles. The van der Waals surface area contributed by atoms with Gasteiger partial charge < -0.3 is 20.9 Å². The van der Waals surface area contributed by atoms with Gasteiger partial charge in [-0.15, -0.1) is 0 Å². The van der Waals surface area contributed by atoms with Gasteiger partial charge in [-0.2, -0.15) is 0 Å². The topological polar surface area (TPSA) is 108 Å². The summed E-state index contributed by atoms with van der Waals surface area (Å²) < 4.78 is 0. The zero-order valence-electron chi connectivity index (χ0n) is 13.6. The molecule has 2 rings (SSSR count). The van der Waals surface area contributed by atoms with E-state index in [-0.39, 0.29) is 36.7 Å². The standard InChI is InChI=1S/C15H24N4O4/c1-19(2)8-12(20)18-11(7-9-5-6-16-14(9)22)13(21)15(23)17-10-3-4-10/h9-11H,3-8H2,1-2H3,(H,16,22)(H,17,23)(H,18,20). The van der Waals surface area contributed by atoms with Crippen LogP contribution in [-0.4, -0.2) is 67.7 Å². The first kappa shape index (κ1) is 17.4. The number of rotatable bonds is 8. The predicted molar refractivity (Wildman–Crippen MR) is 82.4 cm³/mol. The van der Waals surface area contributed by atoms with Crippen molar-refractivity contribution in [3.05, 3.63) is 0 Å². The van der Waals surface area contributed by atoms with Gasteiger partial charge in [0.2, 0.25) is 17.6 Å². The number of nitrogens with zero attached hydrogens (tertiary/aromatic N) is 1. The van der Waals surface area contributed by atoms with Crippen LogP contribution in [0.25, 0.3) is 0 Å². The fourth-order valence-electron chi connectivity index (χ4n) is 2.56. The molecule has 1 saturated heterocycles. The molecule has 0 radical (unpaired) electrons. The van der Waals surface area contributed by atoms with E-state index in [0.717, 1.165) is 12.8 Å².